The summed E-state index contributed by atoms with van der Waals surface area (Å²) in [5, 5.41) is 21.1. The van der Waals surface area contributed by atoms with Crippen LogP contribution in [-0.4, -0.2) is 32.6 Å². The molecule has 1 aromatic heterocycles. The summed E-state index contributed by atoms with van der Waals surface area (Å²) in [5.41, 5.74) is 3.30. The highest BCUT2D eigenvalue weighted by Gasteiger charge is 2.13. The topological polar surface area (TPSA) is 125 Å². The van der Waals surface area contributed by atoms with Gasteiger partial charge in [-0.05, 0) is 46.0 Å². The van der Waals surface area contributed by atoms with E-state index in [-0.39, 0.29) is 23.3 Å². The Balaban J connectivity index is 1.49. The second kappa shape index (κ2) is 8.51. The minimum absolute atomic E-state index is 0.0649. The molecule has 0 radical (unpaired) electrons. The van der Waals surface area contributed by atoms with Gasteiger partial charge in [0.15, 0.2) is 0 Å². The number of urea groups is 1. The summed E-state index contributed by atoms with van der Waals surface area (Å²) in [5.74, 6) is -0.240. The Morgan fingerprint density at radius 1 is 0.966 bits per heavy atom. The third kappa shape index (κ3) is 5.61. The molecule has 0 spiro atoms. The molecule has 3 rings (SSSR count). The number of carbonyl (C=O) groups excluding carboxylic acids is 2. The maximum atomic E-state index is 12.1. The van der Waals surface area contributed by atoms with Crippen molar-refractivity contribution in [2.45, 2.75) is 32.7 Å². The number of aromatic amines is 1. The molecule has 9 heteroatoms. The lowest BCUT2D eigenvalue weighted by molar-refractivity contribution is 0.102. The SMILES string of the molecule is CC(C)(C)c1ccc(NC(=O)NCc2ccc(C(=O)Nc3nn[nH]n3)cc2)cc1. The summed E-state index contributed by atoms with van der Waals surface area (Å²) in [6, 6.07) is 14.3. The number of nitrogens with one attached hydrogen (secondary N) is 4. The highest BCUT2D eigenvalue weighted by atomic mass is 16.2. The number of aromatic nitrogens is 4. The van der Waals surface area contributed by atoms with Crippen LogP contribution >= 0.6 is 0 Å². The predicted molar refractivity (Wildman–Crippen MR) is 110 cm³/mol. The summed E-state index contributed by atoms with van der Waals surface area (Å²) < 4.78 is 0. The van der Waals surface area contributed by atoms with E-state index in [1.54, 1.807) is 24.3 Å². The fraction of sp³-hybridized carbons (Fsp3) is 0.250. The van der Waals surface area contributed by atoms with Gasteiger partial charge in [-0.15, -0.1) is 5.10 Å². The van der Waals surface area contributed by atoms with Crippen molar-refractivity contribution < 1.29 is 9.59 Å². The van der Waals surface area contributed by atoms with E-state index in [2.05, 4.69) is 57.3 Å². The van der Waals surface area contributed by atoms with E-state index < -0.39 is 0 Å². The molecule has 29 heavy (non-hydrogen) atoms. The quantitative estimate of drug-likeness (QED) is 0.530. The third-order valence-electron chi connectivity index (χ3n) is 4.25. The molecule has 9 nitrogen and oxygen atoms in total. The van der Waals surface area contributed by atoms with Gasteiger partial charge in [-0.25, -0.2) is 4.79 Å². The number of amides is 3. The van der Waals surface area contributed by atoms with Gasteiger partial charge in [0.1, 0.15) is 0 Å². The molecule has 0 aliphatic heterocycles. The van der Waals surface area contributed by atoms with Crippen molar-refractivity contribution in [2.24, 2.45) is 0 Å². The van der Waals surface area contributed by atoms with Crippen LogP contribution in [0.3, 0.4) is 0 Å². The molecule has 0 bridgehead atoms. The Hall–Kier alpha value is -3.75. The number of H-pyrrole nitrogens is 1. The number of tetrazole rings is 1. The van der Waals surface area contributed by atoms with E-state index >= 15 is 0 Å². The van der Waals surface area contributed by atoms with Crippen molar-refractivity contribution in [3.05, 3.63) is 65.2 Å². The Bertz CT molecular complexity index is 960. The summed E-state index contributed by atoms with van der Waals surface area (Å²) in [6.07, 6.45) is 0. The van der Waals surface area contributed by atoms with E-state index in [9.17, 15) is 9.59 Å². The second-order valence-electron chi connectivity index (χ2n) is 7.52. The molecule has 0 saturated heterocycles. The summed E-state index contributed by atoms with van der Waals surface area (Å²) in [4.78, 5) is 24.2. The van der Waals surface area contributed by atoms with Crippen LogP contribution in [0.5, 0.6) is 0 Å². The van der Waals surface area contributed by atoms with E-state index in [0.717, 1.165) is 11.3 Å². The van der Waals surface area contributed by atoms with Gasteiger partial charge in [-0.2, -0.15) is 5.21 Å². The lowest BCUT2D eigenvalue weighted by atomic mass is 9.87. The number of rotatable bonds is 5. The molecule has 0 aliphatic carbocycles. The van der Waals surface area contributed by atoms with Crippen LogP contribution < -0.4 is 16.0 Å². The highest BCUT2D eigenvalue weighted by molar-refractivity contribution is 6.03. The van der Waals surface area contributed by atoms with Gasteiger partial charge in [0, 0.05) is 17.8 Å². The van der Waals surface area contributed by atoms with Crippen LogP contribution in [0.15, 0.2) is 48.5 Å². The zero-order valence-electron chi connectivity index (χ0n) is 16.5. The van der Waals surface area contributed by atoms with E-state index in [4.69, 9.17) is 0 Å². The standard InChI is InChI=1S/C20H23N7O2/c1-20(2,3)15-8-10-16(11-9-15)22-19(29)21-12-13-4-6-14(7-5-13)17(28)23-18-24-26-27-25-18/h4-11H,12H2,1-3H3,(H2,21,22,29)(H2,23,24,25,26,27,28). The molecule has 0 unspecified atom stereocenters. The summed E-state index contributed by atoms with van der Waals surface area (Å²) >= 11 is 0. The van der Waals surface area contributed by atoms with Crippen LogP contribution in [0.2, 0.25) is 0 Å². The van der Waals surface area contributed by atoms with E-state index in [0.29, 0.717) is 12.1 Å². The lowest BCUT2D eigenvalue weighted by Gasteiger charge is -2.19. The van der Waals surface area contributed by atoms with Gasteiger partial charge < -0.3 is 10.6 Å². The first-order valence-electron chi connectivity index (χ1n) is 9.10. The van der Waals surface area contributed by atoms with Crippen LogP contribution in [0.25, 0.3) is 0 Å². The van der Waals surface area contributed by atoms with Gasteiger partial charge in [0.05, 0.1) is 0 Å². The van der Waals surface area contributed by atoms with Gasteiger partial charge in [0.2, 0.25) is 0 Å². The molecule has 0 aliphatic rings. The van der Waals surface area contributed by atoms with E-state index in [1.807, 2.05) is 24.3 Å². The third-order valence-corrected chi connectivity index (χ3v) is 4.25. The average molecular weight is 393 g/mol. The van der Waals surface area contributed by atoms with Crippen molar-refractivity contribution in [1.82, 2.24) is 25.9 Å². The number of hydrogen-bond donors (Lipinski definition) is 4. The van der Waals surface area contributed by atoms with Crippen molar-refractivity contribution in [1.29, 1.82) is 0 Å². The van der Waals surface area contributed by atoms with Gasteiger partial charge in [0.25, 0.3) is 11.9 Å². The van der Waals surface area contributed by atoms with Crippen LogP contribution in [0, 0.1) is 0 Å². The normalized spacial score (nSPS) is 11.0. The molecule has 0 fully saturated rings. The van der Waals surface area contributed by atoms with Crippen molar-refractivity contribution in [3.63, 3.8) is 0 Å². The largest absolute Gasteiger partial charge is 0.334 e. The number of nitrogens with zero attached hydrogens (tertiary/aromatic N) is 3. The number of benzene rings is 2. The maximum absolute atomic E-state index is 12.1. The molecule has 3 aromatic rings. The Kier molecular flexibility index (Phi) is 5.87. The predicted octanol–water partition coefficient (Wildman–Crippen LogP) is 3.07. The zero-order valence-corrected chi connectivity index (χ0v) is 16.5. The summed E-state index contributed by atoms with van der Waals surface area (Å²) in [7, 11) is 0. The van der Waals surface area contributed by atoms with Crippen LogP contribution in [0.1, 0.15) is 42.3 Å². The molecule has 0 saturated carbocycles. The van der Waals surface area contributed by atoms with Crippen molar-refractivity contribution >= 4 is 23.6 Å². The number of carbonyl (C=O) groups is 2. The Labute approximate surface area is 168 Å². The molecule has 2 aromatic carbocycles. The van der Waals surface area contributed by atoms with Gasteiger partial charge in [-0.1, -0.05) is 50.1 Å². The molecule has 3 amide bonds. The molecular formula is C20H23N7O2. The second-order valence-corrected chi connectivity index (χ2v) is 7.52. The Morgan fingerprint density at radius 3 is 2.24 bits per heavy atom. The molecule has 0 atom stereocenters. The van der Waals surface area contributed by atoms with Crippen molar-refractivity contribution in [3.8, 4) is 0 Å². The van der Waals surface area contributed by atoms with Crippen LogP contribution in [0.4, 0.5) is 16.4 Å². The minimum Gasteiger partial charge on any atom is -0.334 e. The lowest BCUT2D eigenvalue weighted by Crippen LogP contribution is -2.28. The minimum atomic E-state index is -0.345. The van der Waals surface area contributed by atoms with Crippen molar-refractivity contribution in [2.75, 3.05) is 10.6 Å². The zero-order chi connectivity index (χ0) is 20.9. The van der Waals surface area contributed by atoms with Gasteiger partial charge >= 0.3 is 6.03 Å². The smallest absolute Gasteiger partial charge is 0.319 e. The number of anilines is 2. The first-order valence-corrected chi connectivity index (χ1v) is 9.10. The van der Waals surface area contributed by atoms with Gasteiger partial charge in [-0.3, -0.25) is 10.1 Å². The fourth-order valence-electron chi connectivity index (χ4n) is 2.57. The Morgan fingerprint density at radius 2 is 1.66 bits per heavy atom. The van der Waals surface area contributed by atoms with Crippen LogP contribution in [-0.2, 0) is 12.0 Å². The van der Waals surface area contributed by atoms with E-state index in [1.165, 1.54) is 5.56 Å². The molecule has 1 heterocycles. The fourth-order valence-corrected chi connectivity index (χ4v) is 2.57. The summed E-state index contributed by atoms with van der Waals surface area (Å²) in [6.45, 7) is 6.76. The molecule has 4 N–H and O–H groups in total. The first kappa shape index (κ1) is 20.0. The maximum Gasteiger partial charge on any atom is 0.319 e. The monoisotopic (exact) mass is 393 g/mol. The molecule has 150 valence electrons. The molecular weight excluding hydrogens is 370 g/mol. The first-order chi connectivity index (χ1) is 13.8. The highest BCUT2D eigenvalue weighted by Crippen LogP contribution is 2.23. The average Bonchev–Trinajstić information content (AvgIpc) is 3.19. The number of hydrogen-bond acceptors (Lipinski definition) is 5.